The lowest BCUT2D eigenvalue weighted by molar-refractivity contribution is 0.104. The van der Waals surface area contributed by atoms with E-state index in [1.165, 1.54) is 18.2 Å². The number of carbonyl (C=O) groups is 1. The van der Waals surface area contributed by atoms with Gasteiger partial charge in [-0.3, -0.25) is 4.79 Å². The maximum Gasteiger partial charge on any atom is 0.189 e. The Morgan fingerprint density at radius 1 is 1.07 bits per heavy atom. The summed E-state index contributed by atoms with van der Waals surface area (Å²) in [6, 6.07) is 19.4. The fourth-order valence-electron chi connectivity index (χ4n) is 3.56. The van der Waals surface area contributed by atoms with Crippen molar-refractivity contribution in [3.63, 3.8) is 0 Å². The number of carbonyl (C=O) groups excluding carboxylic acids is 1. The predicted molar refractivity (Wildman–Crippen MR) is 115 cm³/mol. The number of rotatable bonds is 6. The summed E-state index contributed by atoms with van der Waals surface area (Å²) in [5.74, 6) is 0.837. The molecule has 0 atom stereocenters. The van der Waals surface area contributed by atoms with E-state index in [1.54, 1.807) is 24.3 Å². The summed E-state index contributed by atoms with van der Waals surface area (Å²) in [6.45, 7) is 4.40. The molecule has 0 saturated carbocycles. The maximum absolute atomic E-state index is 13.1. The van der Waals surface area contributed by atoms with Gasteiger partial charge in [0.2, 0.25) is 0 Å². The molecule has 0 N–H and O–H groups in total. The number of hydrogen-bond acceptors (Lipinski definition) is 3. The SMILES string of the molecule is CC1(C)Cc2c(ccc(C(=O)/C=C/c3ccc(F)cc3)c2OCc2ccccc2)O1. The van der Waals surface area contributed by atoms with Crippen molar-refractivity contribution in [2.24, 2.45) is 0 Å². The van der Waals surface area contributed by atoms with Crippen molar-refractivity contribution in [2.75, 3.05) is 0 Å². The summed E-state index contributed by atoms with van der Waals surface area (Å²) in [5, 5.41) is 0. The molecule has 0 spiro atoms. The quantitative estimate of drug-likeness (QED) is 0.374. The Kier molecular flexibility index (Phi) is 5.40. The molecule has 1 aliphatic rings. The minimum Gasteiger partial charge on any atom is -0.488 e. The van der Waals surface area contributed by atoms with E-state index in [9.17, 15) is 9.18 Å². The third-order valence-corrected chi connectivity index (χ3v) is 4.99. The second-order valence-corrected chi connectivity index (χ2v) is 7.98. The predicted octanol–water partition coefficient (Wildman–Crippen LogP) is 6.01. The molecule has 1 aliphatic heterocycles. The minimum atomic E-state index is -0.348. The van der Waals surface area contributed by atoms with Crippen LogP contribution in [0.3, 0.4) is 0 Å². The van der Waals surface area contributed by atoms with Gasteiger partial charge in [0.25, 0.3) is 0 Å². The van der Waals surface area contributed by atoms with Gasteiger partial charge in [0.05, 0.1) is 5.56 Å². The summed E-state index contributed by atoms with van der Waals surface area (Å²) in [7, 11) is 0. The zero-order chi connectivity index (χ0) is 21.1. The van der Waals surface area contributed by atoms with Crippen LogP contribution in [0.25, 0.3) is 6.08 Å². The Bertz CT molecular complexity index is 1080. The van der Waals surface area contributed by atoms with E-state index in [4.69, 9.17) is 9.47 Å². The molecule has 0 aliphatic carbocycles. The van der Waals surface area contributed by atoms with Crippen molar-refractivity contribution in [1.82, 2.24) is 0 Å². The Balaban J connectivity index is 1.64. The molecule has 3 aromatic rings. The number of allylic oxidation sites excluding steroid dienone is 1. The smallest absolute Gasteiger partial charge is 0.189 e. The minimum absolute atomic E-state index is 0.171. The summed E-state index contributed by atoms with van der Waals surface area (Å²) < 4.78 is 25.3. The number of benzene rings is 3. The van der Waals surface area contributed by atoms with E-state index in [0.717, 1.165) is 22.4 Å². The van der Waals surface area contributed by atoms with Gasteiger partial charge < -0.3 is 9.47 Å². The molecule has 152 valence electrons. The van der Waals surface area contributed by atoms with Gasteiger partial charge in [0.15, 0.2) is 5.78 Å². The molecule has 4 heteroatoms. The van der Waals surface area contributed by atoms with Crippen LogP contribution in [0, 0.1) is 5.82 Å². The van der Waals surface area contributed by atoms with Gasteiger partial charge in [-0.05, 0) is 55.3 Å². The molecule has 30 heavy (non-hydrogen) atoms. The lowest BCUT2D eigenvalue weighted by Crippen LogP contribution is -2.24. The van der Waals surface area contributed by atoms with Crippen LogP contribution in [0.1, 0.15) is 40.9 Å². The largest absolute Gasteiger partial charge is 0.488 e. The van der Waals surface area contributed by atoms with E-state index in [0.29, 0.717) is 24.3 Å². The highest BCUT2D eigenvalue weighted by molar-refractivity contribution is 6.09. The van der Waals surface area contributed by atoms with Crippen LogP contribution in [0.2, 0.25) is 0 Å². The molecule has 4 rings (SSSR count). The van der Waals surface area contributed by atoms with Crippen LogP contribution in [-0.2, 0) is 13.0 Å². The average molecular weight is 402 g/mol. The summed E-state index contributed by atoms with van der Waals surface area (Å²) in [5.41, 5.74) is 2.83. The van der Waals surface area contributed by atoms with Crippen molar-refractivity contribution in [2.45, 2.75) is 32.5 Å². The molecular formula is C26H23FO3. The Labute approximate surface area is 175 Å². The molecule has 0 fully saturated rings. The standard InChI is InChI=1S/C26H23FO3/c1-26(2)16-22-24(30-26)15-13-21(25(22)29-17-19-6-4-3-5-7-19)23(28)14-10-18-8-11-20(27)12-9-18/h3-15H,16-17H2,1-2H3/b14-10+. The number of ether oxygens (including phenoxy) is 2. The van der Waals surface area contributed by atoms with Crippen molar-refractivity contribution < 1.29 is 18.7 Å². The molecule has 1 heterocycles. The Morgan fingerprint density at radius 2 is 1.80 bits per heavy atom. The first-order chi connectivity index (χ1) is 14.4. The van der Waals surface area contributed by atoms with Crippen molar-refractivity contribution >= 4 is 11.9 Å². The van der Waals surface area contributed by atoms with Gasteiger partial charge in [-0.1, -0.05) is 48.5 Å². The Morgan fingerprint density at radius 3 is 2.53 bits per heavy atom. The van der Waals surface area contributed by atoms with Gasteiger partial charge in [0, 0.05) is 12.0 Å². The second-order valence-electron chi connectivity index (χ2n) is 7.98. The van der Waals surface area contributed by atoms with Crippen LogP contribution < -0.4 is 9.47 Å². The van der Waals surface area contributed by atoms with E-state index in [1.807, 2.05) is 50.2 Å². The van der Waals surface area contributed by atoms with Crippen molar-refractivity contribution in [3.8, 4) is 11.5 Å². The van der Waals surface area contributed by atoms with E-state index < -0.39 is 0 Å². The molecular weight excluding hydrogens is 379 g/mol. The fourth-order valence-corrected chi connectivity index (χ4v) is 3.56. The molecule has 0 amide bonds. The monoisotopic (exact) mass is 402 g/mol. The van der Waals surface area contributed by atoms with Crippen LogP contribution in [0.15, 0.2) is 72.8 Å². The zero-order valence-corrected chi connectivity index (χ0v) is 17.0. The number of fused-ring (bicyclic) bond motifs is 1. The van der Waals surface area contributed by atoms with Crippen molar-refractivity contribution in [1.29, 1.82) is 0 Å². The normalized spacial score (nSPS) is 14.4. The highest BCUT2D eigenvalue weighted by atomic mass is 19.1. The molecule has 3 aromatic carbocycles. The number of ketones is 1. The number of halogens is 1. The first-order valence-corrected chi connectivity index (χ1v) is 9.91. The topological polar surface area (TPSA) is 35.5 Å². The molecule has 3 nitrogen and oxygen atoms in total. The molecule has 0 bridgehead atoms. The van der Waals surface area contributed by atoms with Crippen LogP contribution in [-0.4, -0.2) is 11.4 Å². The first-order valence-electron chi connectivity index (χ1n) is 9.91. The van der Waals surface area contributed by atoms with E-state index in [-0.39, 0.29) is 17.2 Å². The maximum atomic E-state index is 13.1. The fraction of sp³-hybridized carbons (Fsp3) is 0.192. The van der Waals surface area contributed by atoms with Gasteiger partial charge in [-0.2, -0.15) is 0 Å². The average Bonchev–Trinajstić information content (AvgIpc) is 3.06. The lowest BCUT2D eigenvalue weighted by atomic mass is 9.97. The molecule has 0 unspecified atom stereocenters. The first kappa shape index (κ1) is 19.9. The van der Waals surface area contributed by atoms with E-state index in [2.05, 4.69) is 0 Å². The molecule has 0 saturated heterocycles. The van der Waals surface area contributed by atoms with Crippen LogP contribution >= 0.6 is 0 Å². The Hall–Kier alpha value is -3.40. The highest BCUT2D eigenvalue weighted by Gasteiger charge is 2.34. The van der Waals surface area contributed by atoms with E-state index >= 15 is 0 Å². The highest BCUT2D eigenvalue weighted by Crippen LogP contribution is 2.42. The number of hydrogen-bond donors (Lipinski definition) is 0. The third kappa shape index (κ3) is 4.43. The zero-order valence-electron chi connectivity index (χ0n) is 17.0. The summed E-state index contributed by atoms with van der Waals surface area (Å²) in [6.07, 6.45) is 3.83. The van der Waals surface area contributed by atoms with Gasteiger partial charge in [-0.15, -0.1) is 0 Å². The van der Waals surface area contributed by atoms with Crippen molar-refractivity contribution in [3.05, 3.63) is 101 Å². The van der Waals surface area contributed by atoms with Gasteiger partial charge in [0.1, 0.15) is 29.5 Å². The lowest BCUT2D eigenvalue weighted by Gasteiger charge is -2.16. The third-order valence-electron chi connectivity index (χ3n) is 4.99. The molecule has 0 aromatic heterocycles. The van der Waals surface area contributed by atoms with Crippen LogP contribution in [0.5, 0.6) is 11.5 Å². The van der Waals surface area contributed by atoms with Gasteiger partial charge >= 0.3 is 0 Å². The second kappa shape index (κ2) is 8.15. The molecule has 0 radical (unpaired) electrons. The summed E-state index contributed by atoms with van der Waals surface area (Å²) in [4.78, 5) is 13.0. The van der Waals surface area contributed by atoms with Crippen LogP contribution in [0.4, 0.5) is 4.39 Å². The van der Waals surface area contributed by atoms with Gasteiger partial charge in [-0.25, -0.2) is 4.39 Å². The summed E-state index contributed by atoms with van der Waals surface area (Å²) >= 11 is 0.